The van der Waals surface area contributed by atoms with Crippen molar-refractivity contribution in [2.75, 3.05) is 10.2 Å². The van der Waals surface area contributed by atoms with Crippen molar-refractivity contribution in [1.82, 2.24) is 0 Å². The van der Waals surface area contributed by atoms with Gasteiger partial charge in [0.25, 0.3) is 0 Å². The number of hydrogen-bond donors (Lipinski definition) is 1. The number of fused-ring (bicyclic) bond motifs is 4. The second-order valence-corrected chi connectivity index (χ2v) is 15.0. The first-order chi connectivity index (χ1) is 29.8. The van der Waals surface area contributed by atoms with Gasteiger partial charge in [-0.1, -0.05) is 176 Å². The van der Waals surface area contributed by atoms with Gasteiger partial charge in [0.15, 0.2) is 0 Å². The van der Waals surface area contributed by atoms with Gasteiger partial charge in [-0.3, -0.25) is 0 Å². The largest absolute Gasteiger partial charge is 0.356 e. The molecule has 0 aromatic heterocycles. The first kappa shape index (κ1) is 36.4. The predicted molar refractivity (Wildman–Crippen MR) is 258 cm³/mol. The van der Waals surface area contributed by atoms with Gasteiger partial charge in [-0.05, 0) is 138 Å². The van der Waals surface area contributed by atoms with Crippen molar-refractivity contribution in [3.05, 3.63) is 249 Å². The summed E-state index contributed by atoms with van der Waals surface area (Å²) in [5, 5.41) is 13.4. The third-order valence-corrected chi connectivity index (χ3v) is 11.2. The molecule has 0 radical (unpaired) electrons. The molecule has 0 unspecified atom stereocenters. The zero-order valence-electron chi connectivity index (χ0n) is 33.1. The fraction of sp³-hybridized carbons (Fsp3) is 0. The number of nitrogens with one attached hydrogen (secondary N) is 1. The molecule has 284 valence electrons. The smallest absolute Gasteiger partial charge is 0.0468 e. The lowest BCUT2D eigenvalue weighted by molar-refractivity contribution is 1.29. The standard InChI is InChI=1S/C52H36N2.C6H6/c1-4-14-42(15-5-1)53-43-30-28-36-32-40(26-24-38(36)34-43)51-47-20-10-12-22-49(47)52(50-23-13-11-21-48(50)51)41-27-25-39-35-46(31-29-37(39)33-41)54(44-16-6-2-7-17-44)45-18-8-3-9-19-45;1-2-4-6-5-3-1/h1-35,53H;1-6H. The van der Waals surface area contributed by atoms with Crippen molar-refractivity contribution in [2.24, 2.45) is 0 Å². The summed E-state index contributed by atoms with van der Waals surface area (Å²) in [5.74, 6) is 0. The van der Waals surface area contributed by atoms with Crippen LogP contribution in [0.1, 0.15) is 0 Å². The van der Waals surface area contributed by atoms with E-state index in [0.717, 1.165) is 28.4 Å². The Morgan fingerprint density at radius 2 is 0.617 bits per heavy atom. The summed E-state index contributed by atoms with van der Waals surface area (Å²) < 4.78 is 0. The third kappa shape index (κ3) is 7.35. The van der Waals surface area contributed by atoms with E-state index in [0.29, 0.717) is 0 Å². The van der Waals surface area contributed by atoms with E-state index in [-0.39, 0.29) is 0 Å². The van der Waals surface area contributed by atoms with E-state index in [9.17, 15) is 0 Å². The number of hydrogen-bond acceptors (Lipinski definition) is 2. The molecular formula is C58H42N2. The summed E-state index contributed by atoms with van der Waals surface area (Å²) in [6.45, 7) is 0. The minimum absolute atomic E-state index is 1.08. The first-order valence-corrected chi connectivity index (χ1v) is 20.5. The van der Waals surface area contributed by atoms with Crippen molar-refractivity contribution in [3.8, 4) is 22.3 Å². The molecule has 2 heteroatoms. The maximum atomic E-state index is 3.54. The van der Waals surface area contributed by atoms with Crippen LogP contribution in [0, 0.1) is 0 Å². The number of benzene rings is 11. The molecule has 0 heterocycles. The van der Waals surface area contributed by atoms with E-state index in [1.54, 1.807) is 0 Å². The van der Waals surface area contributed by atoms with Gasteiger partial charge < -0.3 is 10.2 Å². The molecule has 11 aromatic carbocycles. The summed E-state index contributed by atoms with van der Waals surface area (Å²) in [7, 11) is 0. The van der Waals surface area contributed by atoms with Crippen LogP contribution in [0.4, 0.5) is 28.4 Å². The Morgan fingerprint density at radius 3 is 1.10 bits per heavy atom. The van der Waals surface area contributed by atoms with E-state index in [2.05, 4.69) is 216 Å². The van der Waals surface area contributed by atoms with Crippen LogP contribution in [0.3, 0.4) is 0 Å². The average molecular weight is 767 g/mol. The zero-order chi connectivity index (χ0) is 40.1. The molecule has 0 fully saturated rings. The van der Waals surface area contributed by atoms with Crippen LogP contribution < -0.4 is 10.2 Å². The normalized spacial score (nSPS) is 11.0. The Kier molecular flexibility index (Phi) is 10.0. The minimum Gasteiger partial charge on any atom is -0.356 e. The molecule has 11 aromatic rings. The van der Waals surface area contributed by atoms with Gasteiger partial charge >= 0.3 is 0 Å². The highest BCUT2D eigenvalue weighted by atomic mass is 15.1. The van der Waals surface area contributed by atoms with E-state index in [1.807, 2.05) is 42.5 Å². The number of nitrogens with zero attached hydrogens (tertiary/aromatic N) is 1. The van der Waals surface area contributed by atoms with Crippen molar-refractivity contribution >= 4 is 71.5 Å². The quantitative estimate of drug-likeness (QED) is 0.163. The lowest BCUT2D eigenvalue weighted by atomic mass is 9.85. The minimum atomic E-state index is 1.08. The summed E-state index contributed by atoms with van der Waals surface area (Å²) in [6, 6.07) is 88.6. The molecule has 0 saturated heterocycles. The van der Waals surface area contributed by atoms with Gasteiger partial charge in [-0.25, -0.2) is 0 Å². The van der Waals surface area contributed by atoms with Crippen LogP contribution in [0.5, 0.6) is 0 Å². The highest BCUT2D eigenvalue weighted by molar-refractivity contribution is 6.22. The molecule has 0 aliphatic rings. The van der Waals surface area contributed by atoms with E-state index >= 15 is 0 Å². The van der Waals surface area contributed by atoms with Crippen LogP contribution >= 0.6 is 0 Å². The van der Waals surface area contributed by atoms with Crippen LogP contribution in [0.15, 0.2) is 249 Å². The van der Waals surface area contributed by atoms with Crippen LogP contribution in [-0.2, 0) is 0 Å². The Labute approximate surface area is 351 Å². The SMILES string of the molecule is c1ccc(Nc2ccc3cc(-c4c5ccccc5c(-c5ccc6cc(N(c7ccccc7)c7ccccc7)ccc6c5)c5ccccc45)ccc3c2)cc1.c1ccccc1. The molecule has 0 bridgehead atoms. The van der Waals surface area contributed by atoms with Gasteiger partial charge in [-0.15, -0.1) is 0 Å². The molecule has 1 N–H and O–H groups in total. The molecule has 11 rings (SSSR count). The summed E-state index contributed by atoms with van der Waals surface area (Å²) >= 11 is 0. The fourth-order valence-electron chi connectivity index (χ4n) is 8.43. The van der Waals surface area contributed by atoms with E-state index < -0.39 is 0 Å². The molecule has 0 spiro atoms. The molecule has 0 atom stereocenters. The van der Waals surface area contributed by atoms with E-state index in [1.165, 1.54) is 65.3 Å². The topological polar surface area (TPSA) is 15.3 Å². The highest BCUT2D eigenvalue weighted by Gasteiger charge is 2.18. The van der Waals surface area contributed by atoms with Crippen LogP contribution in [0.25, 0.3) is 65.3 Å². The fourth-order valence-corrected chi connectivity index (χ4v) is 8.43. The lowest BCUT2D eigenvalue weighted by Crippen LogP contribution is -2.09. The number of anilines is 5. The van der Waals surface area contributed by atoms with Gasteiger partial charge in [0.2, 0.25) is 0 Å². The number of rotatable bonds is 7. The Hall–Kier alpha value is -7.94. The maximum absolute atomic E-state index is 3.54. The Morgan fingerprint density at radius 1 is 0.250 bits per heavy atom. The second-order valence-electron chi connectivity index (χ2n) is 15.0. The van der Waals surface area contributed by atoms with Crippen LogP contribution in [0.2, 0.25) is 0 Å². The van der Waals surface area contributed by atoms with Crippen molar-refractivity contribution in [1.29, 1.82) is 0 Å². The van der Waals surface area contributed by atoms with Crippen molar-refractivity contribution in [3.63, 3.8) is 0 Å². The second kappa shape index (κ2) is 16.5. The predicted octanol–water partition coefficient (Wildman–Crippen LogP) is 16.5. The van der Waals surface area contributed by atoms with Crippen molar-refractivity contribution < 1.29 is 0 Å². The molecule has 0 aliphatic carbocycles. The van der Waals surface area contributed by atoms with Crippen LogP contribution in [-0.4, -0.2) is 0 Å². The first-order valence-electron chi connectivity index (χ1n) is 20.5. The molecule has 2 nitrogen and oxygen atoms in total. The summed E-state index contributed by atoms with van der Waals surface area (Å²) in [4.78, 5) is 2.32. The Balaban J connectivity index is 0.000000666. The van der Waals surface area contributed by atoms with Gasteiger partial charge in [-0.2, -0.15) is 0 Å². The highest BCUT2D eigenvalue weighted by Crippen LogP contribution is 2.45. The molecule has 0 saturated carbocycles. The van der Waals surface area contributed by atoms with Crippen molar-refractivity contribution in [2.45, 2.75) is 0 Å². The monoisotopic (exact) mass is 766 g/mol. The van der Waals surface area contributed by atoms with Gasteiger partial charge in [0.05, 0.1) is 0 Å². The zero-order valence-corrected chi connectivity index (χ0v) is 33.1. The summed E-state index contributed by atoms with van der Waals surface area (Å²) in [5.41, 5.74) is 10.5. The Bertz CT molecular complexity index is 3090. The number of para-hydroxylation sites is 3. The molecule has 60 heavy (non-hydrogen) atoms. The average Bonchev–Trinajstić information content (AvgIpc) is 3.32. The molecule has 0 amide bonds. The van der Waals surface area contributed by atoms with Gasteiger partial charge in [0.1, 0.15) is 0 Å². The third-order valence-electron chi connectivity index (χ3n) is 11.2. The summed E-state index contributed by atoms with van der Waals surface area (Å²) in [6.07, 6.45) is 0. The molecular weight excluding hydrogens is 725 g/mol. The molecule has 0 aliphatic heterocycles. The van der Waals surface area contributed by atoms with Gasteiger partial charge in [0, 0.05) is 28.4 Å². The maximum Gasteiger partial charge on any atom is 0.0468 e. The van der Waals surface area contributed by atoms with E-state index in [4.69, 9.17) is 0 Å². The lowest BCUT2D eigenvalue weighted by Gasteiger charge is -2.25.